The lowest BCUT2D eigenvalue weighted by Crippen LogP contribution is -2.24. The van der Waals surface area contributed by atoms with Crippen molar-refractivity contribution in [1.82, 2.24) is 4.90 Å². The van der Waals surface area contributed by atoms with Crippen LogP contribution in [-0.2, 0) is 0 Å². The Bertz CT molecular complexity index is 318. The van der Waals surface area contributed by atoms with E-state index in [1.165, 1.54) is 24.1 Å². The Hall–Kier alpha value is -1.08. The summed E-state index contributed by atoms with van der Waals surface area (Å²) in [5, 5.41) is 0. The summed E-state index contributed by atoms with van der Waals surface area (Å²) in [5.41, 5.74) is 2.94. The fourth-order valence-electron chi connectivity index (χ4n) is 1.85. The number of allylic oxidation sites excluding steroid dienone is 6. The molecule has 0 bridgehead atoms. The van der Waals surface area contributed by atoms with E-state index in [2.05, 4.69) is 48.4 Å². The van der Waals surface area contributed by atoms with Crippen LogP contribution >= 0.6 is 0 Å². The number of rotatable bonds is 1. The van der Waals surface area contributed by atoms with Gasteiger partial charge in [0, 0.05) is 13.1 Å². The lowest BCUT2D eigenvalue weighted by molar-refractivity contribution is 0.361. The van der Waals surface area contributed by atoms with Crippen LogP contribution in [0.15, 0.2) is 47.6 Å². The largest absolute Gasteiger partial charge is 0.302 e. The zero-order valence-electron chi connectivity index (χ0n) is 8.74. The van der Waals surface area contributed by atoms with Gasteiger partial charge in [0.1, 0.15) is 0 Å². The van der Waals surface area contributed by atoms with Crippen LogP contribution in [-0.4, -0.2) is 25.0 Å². The Morgan fingerprint density at radius 1 is 1.21 bits per heavy atom. The lowest BCUT2D eigenvalue weighted by Gasteiger charge is -2.22. The summed E-state index contributed by atoms with van der Waals surface area (Å²) in [6, 6.07) is 0. The van der Waals surface area contributed by atoms with Gasteiger partial charge in [-0.2, -0.15) is 0 Å². The molecule has 1 heterocycles. The standard InChI is InChI=1S/C13H17N/c1-14-10-8-13(9-11-14)12-6-4-2-3-5-7-12/h2-4,6-8H,5,9-11H2,1H3. The molecule has 0 fully saturated rings. The maximum absolute atomic E-state index is 2.35. The van der Waals surface area contributed by atoms with Gasteiger partial charge in [0.25, 0.3) is 0 Å². The van der Waals surface area contributed by atoms with Gasteiger partial charge < -0.3 is 4.90 Å². The fourth-order valence-corrected chi connectivity index (χ4v) is 1.85. The lowest BCUT2D eigenvalue weighted by atomic mass is 9.99. The normalized spacial score (nSPS) is 22.9. The summed E-state index contributed by atoms with van der Waals surface area (Å²) in [4.78, 5) is 2.35. The van der Waals surface area contributed by atoms with E-state index in [0.717, 1.165) is 13.0 Å². The summed E-state index contributed by atoms with van der Waals surface area (Å²) >= 11 is 0. The van der Waals surface area contributed by atoms with E-state index >= 15 is 0 Å². The van der Waals surface area contributed by atoms with Crippen molar-refractivity contribution in [2.24, 2.45) is 0 Å². The van der Waals surface area contributed by atoms with Crippen LogP contribution in [0.3, 0.4) is 0 Å². The quantitative estimate of drug-likeness (QED) is 0.610. The summed E-state index contributed by atoms with van der Waals surface area (Å²) in [6.07, 6.45) is 15.6. The van der Waals surface area contributed by atoms with Crippen molar-refractivity contribution in [2.75, 3.05) is 20.1 Å². The molecule has 0 unspecified atom stereocenters. The highest BCUT2D eigenvalue weighted by Crippen LogP contribution is 2.21. The molecule has 1 heteroatoms. The first-order valence-corrected chi connectivity index (χ1v) is 5.27. The first kappa shape index (κ1) is 9.47. The molecule has 0 saturated carbocycles. The van der Waals surface area contributed by atoms with Gasteiger partial charge in [0.05, 0.1) is 0 Å². The minimum Gasteiger partial charge on any atom is -0.302 e. The highest BCUT2D eigenvalue weighted by molar-refractivity contribution is 5.43. The maximum Gasteiger partial charge on any atom is 0.0166 e. The predicted octanol–water partition coefficient (Wildman–Crippen LogP) is 2.69. The molecular formula is C13H17N. The van der Waals surface area contributed by atoms with Gasteiger partial charge in [0.2, 0.25) is 0 Å². The van der Waals surface area contributed by atoms with Crippen LogP contribution in [0.5, 0.6) is 0 Å². The van der Waals surface area contributed by atoms with Crippen molar-refractivity contribution in [3.8, 4) is 0 Å². The molecule has 0 amide bonds. The van der Waals surface area contributed by atoms with Crippen LogP contribution < -0.4 is 0 Å². The molecule has 0 radical (unpaired) electrons. The van der Waals surface area contributed by atoms with Crippen LogP contribution in [0, 0.1) is 0 Å². The second-order valence-electron chi connectivity index (χ2n) is 3.92. The predicted molar refractivity (Wildman–Crippen MR) is 61.2 cm³/mol. The van der Waals surface area contributed by atoms with Crippen LogP contribution in [0.4, 0.5) is 0 Å². The van der Waals surface area contributed by atoms with E-state index in [9.17, 15) is 0 Å². The minimum atomic E-state index is 1.06. The van der Waals surface area contributed by atoms with Gasteiger partial charge in [-0.05, 0) is 31.0 Å². The van der Waals surface area contributed by atoms with Crippen molar-refractivity contribution in [1.29, 1.82) is 0 Å². The van der Waals surface area contributed by atoms with Gasteiger partial charge in [-0.3, -0.25) is 0 Å². The van der Waals surface area contributed by atoms with Gasteiger partial charge in [0.15, 0.2) is 0 Å². The average Bonchev–Trinajstić information content (AvgIpc) is 2.47. The molecular weight excluding hydrogens is 170 g/mol. The molecule has 0 spiro atoms. The summed E-state index contributed by atoms with van der Waals surface area (Å²) in [5.74, 6) is 0. The Kier molecular flexibility index (Phi) is 3.00. The van der Waals surface area contributed by atoms with Gasteiger partial charge in [-0.15, -0.1) is 0 Å². The topological polar surface area (TPSA) is 3.24 Å². The molecule has 0 aromatic carbocycles. The monoisotopic (exact) mass is 187 g/mol. The summed E-state index contributed by atoms with van der Waals surface area (Å²) < 4.78 is 0. The first-order chi connectivity index (χ1) is 6.86. The smallest absolute Gasteiger partial charge is 0.0166 e. The molecule has 74 valence electrons. The molecule has 1 aliphatic heterocycles. The molecule has 0 aromatic heterocycles. The maximum atomic E-state index is 2.35. The Morgan fingerprint density at radius 3 is 2.93 bits per heavy atom. The zero-order valence-corrected chi connectivity index (χ0v) is 8.74. The highest BCUT2D eigenvalue weighted by Gasteiger charge is 2.09. The van der Waals surface area contributed by atoms with Crippen molar-refractivity contribution in [3.05, 3.63) is 47.6 Å². The van der Waals surface area contributed by atoms with E-state index in [1.54, 1.807) is 0 Å². The molecule has 0 atom stereocenters. The van der Waals surface area contributed by atoms with Gasteiger partial charge >= 0.3 is 0 Å². The highest BCUT2D eigenvalue weighted by atomic mass is 15.1. The number of hydrogen-bond acceptors (Lipinski definition) is 1. The number of nitrogens with zero attached hydrogens (tertiary/aromatic N) is 1. The number of likely N-dealkylation sites (N-methyl/N-ethyl adjacent to an activating group) is 1. The third kappa shape index (κ3) is 2.24. The van der Waals surface area contributed by atoms with Gasteiger partial charge in [-0.1, -0.05) is 36.5 Å². The number of hydrogen-bond donors (Lipinski definition) is 0. The van der Waals surface area contributed by atoms with Gasteiger partial charge in [-0.25, -0.2) is 0 Å². The molecule has 0 N–H and O–H groups in total. The minimum absolute atomic E-state index is 1.06. The van der Waals surface area contributed by atoms with E-state index in [-0.39, 0.29) is 0 Å². The molecule has 0 aromatic rings. The summed E-state index contributed by atoms with van der Waals surface area (Å²) in [7, 11) is 2.17. The van der Waals surface area contributed by atoms with Crippen LogP contribution in [0.25, 0.3) is 0 Å². The van der Waals surface area contributed by atoms with Crippen LogP contribution in [0.2, 0.25) is 0 Å². The third-order valence-electron chi connectivity index (χ3n) is 2.78. The Labute approximate surface area is 86.1 Å². The van der Waals surface area contributed by atoms with E-state index in [1.807, 2.05) is 0 Å². The zero-order chi connectivity index (χ0) is 9.80. The second-order valence-corrected chi connectivity index (χ2v) is 3.92. The molecule has 14 heavy (non-hydrogen) atoms. The SMILES string of the molecule is CN1CC=C(C2=CCC=CC=C2)CC1. The molecule has 0 saturated heterocycles. The van der Waals surface area contributed by atoms with Crippen molar-refractivity contribution in [3.63, 3.8) is 0 Å². The van der Waals surface area contributed by atoms with Crippen molar-refractivity contribution < 1.29 is 0 Å². The van der Waals surface area contributed by atoms with E-state index in [4.69, 9.17) is 0 Å². The van der Waals surface area contributed by atoms with Crippen molar-refractivity contribution in [2.45, 2.75) is 12.8 Å². The molecule has 1 nitrogen and oxygen atoms in total. The third-order valence-corrected chi connectivity index (χ3v) is 2.78. The van der Waals surface area contributed by atoms with Crippen LogP contribution in [0.1, 0.15) is 12.8 Å². The Morgan fingerprint density at radius 2 is 2.14 bits per heavy atom. The fraction of sp³-hybridized carbons (Fsp3) is 0.385. The summed E-state index contributed by atoms with van der Waals surface area (Å²) in [6.45, 7) is 2.28. The van der Waals surface area contributed by atoms with E-state index < -0.39 is 0 Å². The van der Waals surface area contributed by atoms with Crippen molar-refractivity contribution >= 4 is 0 Å². The average molecular weight is 187 g/mol. The molecule has 2 aliphatic rings. The van der Waals surface area contributed by atoms with E-state index in [0.29, 0.717) is 0 Å². The Balaban J connectivity index is 2.12. The molecule has 2 rings (SSSR count). The molecule has 1 aliphatic carbocycles. The second kappa shape index (κ2) is 4.43. The first-order valence-electron chi connectivity index (χ1n) is 5.27.